The average molecular weight is 641 g/mol. The second-order valence-corrected chi connectivity index (χ2v) is 14.1. The summed E-state index contributed by atoms with van der Waals surface area (Å²) in [5.74, 6) is 1.08. The fraction of sp³-hybridized carbons (Fsp3) is 0.722. The van der Waals surface area contributed by atoms with Crippen LogP contribution < -0.4 is 21.1 Å². The van der Waals surface area contributed by atoms with Gasteiger partial charge >= 0.3 is 12.1 Å². The Morgan fingerprint density at radius 1 is 0.848 bits per heavy atom. The van der Waals surface area contributed by atoms with Crippen molar-refractivity contribution in [1.29, 1.82) is 0 Å². The molecule has 1 heterocycles. The topological polar surface area (TPSA) is 140 Å². The molecule has 0 radical (unpaired) electrons. The molecule has 46 heavy (non-hydrogen) atoms. The summed E-state index contributed by atoms with van der Waals surface area (Å²) in [6, 6.07) is 5.36. The first-order valence-corrected chi connectivity index (χ1v) is 17.6. The van der Waals surface area contributed by atoms with E-state index >= 15 is 0 Å². The monoisotopic (exact) mass is 640 g/mol. The van der Waals surface area contributed by atoms with Crippen molar-refractivity contribution >= 4 is 23.9 Å². The Bertz CT molecular complexity index is 1120. The van der Waals surface area contributed by atoms with Gasteiger partial charge in [-0.25, -0.2) is 9.59 Å². The maximum Gasteiger partial charge on any atom is 0.415 e. The van der Waals surface area contributed by atoms with E-state index in [-0.39, 0.29) is 30.2 Å². The summed E-state index contributed by atoms with van der Waals surface area (Å²) in [7, 11) is 1.28. The van der Waals surface area contributed by atoms with Gasteiger partial charge in [0.05, 0.1) is 13.2 Å². The number of hydrogen-bond donors (Lipinski definition) is 3. The van der Waals surface area contributed by atoms with Gasteiger partial charge in [-0.1, -0.05) is 64.5 Å². The van der Waals surface area contributed by atoms with Crippen LogP contribution in [0.1, 0.15) is 103 Å². The number of likely N-dealkylation sites (tertiary alicyclic amines) is 1. The van der Waals surface area contributed by atoms with E-state index in [9.17, 15) is 19.2 Å². The van der Waals surface area contributed by atoms with Gasteiger partial charge in [0, 0.05) is 31.5 Å². The number of piperidine rings is 1. The molecule has 3 amide bonds. The van der Waals surface area contributed by atoms with E-state index in [0.717, 1.165) is 5.56 Å². The first-order chi connectivity index (χ1) is 22.1. The van der Waals surface area contributed by atoms with Crippen molar-refractivity contribution in [3.63, 3.8) is 0 Å². The smallest absolute Gasteiger partial charge is 0.415 e. The molecule has 0 bridgehead atoms. The lowest BCUT2D eigenvalue weighted by Crippen LogP contribution is -2.50. The van der Waals surface area contributed by atoms with Crippen LogP contribution in [0.4, 0.5) is 4.79 Å². The van der Waals surface area contributed by atoms with E-state index in [1.807, 2.05) is 13.8 Å². The van der Waals surface area contributed by atoms with Crippen LogP contribution in [-0.4, -0.2) is 67.1 Å². The first-order valence-electron chi connectivity index (χ1n) is 17.6. The zero-order chi connectivity index (χ0) is 33.1. The number of hydrogen-bond acceptors (Lipinski definition) is 7. The largest absolute Gasteiger partial charge is 0.467 e. The zero-order valence-electron chi connectivity index (χ0n) is 28.1. The highest BCUT2D eigenvalue weighted by atomic mass is 16.6. The van der Waals surface area contributed by atoms with Crippen LogP contribution in [0.3, 0.4) is 0 Å². The fourth-order valence-corrected chi connectivity index (χ4v) is 7.63. The molecule has 1 aromatic rings. The van der Waals surface area contributed by atoms with Gasteiger partial charge in [0.25, 0.3) is 0 Å². The Labute approximate surface area is 274 Å². The predicted octanol–water partition coefficient (Wildman–Crippen LogP) is 5.12. The quantitative estimate of drug-likeness (QED) is 0.270. The molecule has 10 nitrogen and oxygen atoms in total. The van der Waals surface area contributed by atoms with Crippen molar-refractivity contribution in [3.8, 4) is 5.75 Å². The fourth-order valence-electron chi connectivity index (χ4n) is 7.63. The van der Waals surface area contributed by atoms with E-state index in [1.54, 1.807) is 29.2 Å². The Kier molecular flexibility index (Phi) is 13.7. The Balaban J connectivity index is 1.25. The van der Waals surface area contributed by atoms with Gasteiger partial charge in [-0.05, 0) is 80.4 Å². The van der Waals surface area contributed by atoms with Crippen LogP contribution in [-0.2, 0) is 25.5 Å². The number of carbonyl (C=O) groups is 4. The third-order valence-electron chi connectivity index (χ3n) is 10.2. The molecule has 256 valence electrons. The van der Waals surface area contributed by atoms with E-state index in [4.69, 9.17) is 15.2 Å². The lowest BCUT2D eigenvalue weighted by atomic mass is 9.69. The van der Waals surface area contributed by atoms with Crippen molar-refractivity contribution in [2.75, 3.05) is 20.2 Å². The van der Waals surface area contributed by atoms with Gasteiger partial charge in [0.2, 0.25) is 11.8 Å². The highest BCUT2D eigenvalue weighted by molar-refractivity contribution is 5.87. The lowest BCUT2D eigenvalue weighted by Gasteiger charge is -2.38. The van der Waals surface area contributed by atoms with Gasteiger partial charge in [-0.15, -0.1) is 0 Å². The lowest BCUT2D eigenvalue weighted by molar-refractivity contribution is -0.145. The molecule has 4 rings (SSSR count). The van der Waals surface area contributed by atoms with Gasteiger partial charge in [0.1, 0.15) is 11.8 Å². The maximum atomic E-state index is 13.7. The maximum absolute atomic E-state index is 13.7. The Morgan fingerprint density at radius 2 is 1.41 bits per heavy atom. The molecule has 1 aliphatic heterocycles. The third-order valence-corrected chi connectivity index (χ3v) is 10.2. The molecule has 0 unspecified atom stereocenters. The van der Waals surface area contributed by atoms with E-state index in [0.29, 0.717) is 49.9 Å². The molecule has 3 fully saturated rings. The van der Waals surface area contributed by atoms with Gasteiger partial charge in [-0.2, -0.15) is 0 Å². The Hall–Kier alpha value is -3.14. The van der Waals surface area contributed by atoms with Gasteiger partial charge in [-0.3, -0.25) is 9.59 Å². The van der Waals surface area contributed by atoms with Crippen LogP contribution in [0, 0.1) is 23.7 Å². The summed E-state index contributed by atoms with van der Waals surface area (Å²) in [6.45, 7) is 5.01. The molecule has 4 N–H and O–H groups in total. The van der Waals surface area contributed by atoms with Crippen molar-refractivity contribution < 1.29 is 28.7 Å². The van der Waals surface area contributed by atoms with Crippen molar-refractivity contribution in [3.05, 3.63) is 29.8 Å². The van der Waals surface area contributed by atoms with Crippen molar-refractivity contribution in [2.45, 2.75) is 122 Å². The summed E-state index contributed by atoms with van der Waals surface area (Å²) < 4.78 is 10.5. The molecule has 2 aliphatic carbocycles. The van der Waals surface area contributed by atoms with Gasteiger partial charge < -0.3 is 30.7 Å². The SMILES string of the molecule is COC(=O)[C@H](Cc1ccc(OC(=O)N2CCC(NC(=O)C(C3CCCCC3)C3CCCCC3)CC2)cc1)NC(=O)[C@@H](N)CC(C)C. The molecule has 1 aromatic carbocycles. The van der Waals surface area contributed by atoms with Crippen LogP contribution in [0.2, 0.25) is 0 Å². The Morgan fingerprint density at radius 3 is 1.93 bits per heavy atom. The molecule has 0 aromatic heterocycles. The number of nitrogens with two attached hydrogens (primary N) is 1. The molecule has 3 aliphatic rings. The number of esters is 1. The summed E-state index contributed by atoms with van der Waals surface area (Å²) in [5, 5.41) is 6.11. The molecular formula is C36H56N4O6. The number of rotatable bonds is 12. The van der Waals surface area contributed by atoms with E-state index < -0.39 is 30.1 Å². The molecule has 10 heteroatoms. The van der Waals surface area contributed by atoms with Crippen LogP contribution >= 0.6 is 0 Å². The standard InChI is InChI=1S/C36H56N4O6/c1-24(2)22-30(37)33(41)39-31(35(43)45-3)23-25-14-16-29(17-15-25)46-36(44)40-20-18-28(19-21-40)38-34(42)32(26-10-6-4-7-11-26)27-12-8-5-9-13-27/h14-17,24,26-28,30-32H,4-13,18-23,37H2,1-3H3,(H,38,42)(H,39,41)/t30-,31-/m0/s1. The number of benzene rings is 1. The van der Waals surface area contributed by atoms with E-state index in [2.05, 4.69) is 10.6 Å². The first kappa shape index (κ1) is 35.7. The zero-order valence-corrected chi connectivity index (χ0v) is 28.1. The van der Waals surface area contributed by atoms with Crippen molar-refractivity contribution in [2.24, 2.45) is 29.4 Å². The van der Waals surface area contributed by atoms with Gasteiger partial charge in [0.15, 0.2) is 0 Å². The third kappa shape index (κ3) is 10.4. The minimum atomic E-state index is -0.883. The van der Waals surface area contributed by atoms with Crippen LogP contribution in [0.25, 0.3) is 0 Å². The van der Waals surface area contributed by atoms with Crippen molar-refractivity contribution in [1.82, 2.24) is 15.5 Å². The number of amides is 3. The minimum Gasteiger partial charge on any atom is -0.467 e. The number of nitrogens with one attached hydrogen (secondary N) is 2. The molecule has 2 saturated carbocycles. The summed E-state index contributed by atoms with van der Waals surface area (Å²) in [5.41, 5.74) is 6.76. The van der Waals surface area contributed by atoms with Crippen LogP contribution in [0.5, 0.6) is 5.75 Å². The minimum absolute atomic E-state index is 0.0775. The number of nitrogens with zero attached hydrogens (tertiary/aromatic N) is 1. The number of carbonyl (C=O) groups excluding carboxylic acids is 4. The summed E-state index contributed by atoms with van der Waals surface area (Å²) >= 11 is 0. The summed E-state index contributed by atoms with van der Waals surface area (Å²) in [4.78, 5) is 53.2. The summed E-state index contributed by atoms with van der Waals surface area (Å²) in [6.07, 6.45) is 14.0. The normalized spacial score (nSPS) is 19.8. The average Bonchev–Trinajstić information content (AvgIpc) is 3.06. The van der Waals surface area contributed by atoms with Crippen LogP contribution in [0.15, 0.2) is 24.3 Å². The highest BCUT2D eigenvalue weighted by Gasteiger charge is 2.37. The predicted molar refractivity (Wildman–Crippen MR) is 177 cm³/mol. The second kappa shape index (κ2) is 17.7. The number of ether oxygens (including phenoxy) is 2. The number of methoxy groups -OCH3 is 1. The van der Waals surface area contributed by atoms with E-state index in [1.165, 1.54) is 71.3 Å². The second-order valence-electron chi connectivity index (χ2n) is 14.1. The molecule has 0 spiro atoms. The molecular weight excluding hydrogens is 584 g/mol. The molecule has 2 atom stereocenters. The highest BCUT2D eigenvalue weighted by Crippen LogP contribution is 2.40. The molecule has 1 saturated heterocycles.